The monoisotopic (exact) mass is 1080 g/mol. The number of halogens is 5. The van der Waals surface area contributed by atoms with Crippen molar-refractivity contribution in [3.05, 3.63) is 6.57 Å². The van der Waals surface area contributed by atoms with Crippen molar-refractivity contribution in [3.63, 3.8) is 0 Å². The van der Waals surface area contributed by atoms with E-state index in [1.54, 1.807) is 0 Å². The first-order valence-electron chi connectivity index (χ1n) is 17.3. The number of carbonyl (C=O) groups is 5. The summed E-state index contributed by atoms with van der Waals surface area (Å²) in [6.07, 6.45) is 8.06. The fraction of sp³-hybridized carbons (Fsp3) is 0.794. The van der Waals surface area contributed by atoms with E-state index < -0.39 is 5.97 Å². The molecule has 313 valence electrons. The summed E-state index contributed by atoms with van der Waals surface area (Å²) in [7, 11) is 1.34. The van der Waals surface area contributed by atoms with Crippen molar-refractivity contribution in [2.45, 2.75) is 59.3 Å². The molecule has 3 heterocycles. The fourth-order valence-corrected chi connectivity index (χ4v) is 5.32. The number of carboxylic acids is 1. The number of hydrogen-bond donors (Lipinski definition) is 2. The minimum absolute atomic E-state index is 0. The molecule has 0 spiro atoms. The number of methoxy groups -OCH3 is 1. The number of ether oxygens (including phenoxy) is 4. The first kappa shape index (κ1) is 66.8. The predicted molar refractivity (Wildman–Crippen MR) is 230 cm³/mol. The Balaban J connectivity index is -0.000000139. The van der Waals surface area contributed by atoms with E-state index in [-0.39, 0.29) is 86.1 Å². The van der Waals surface area contributed by atoms with E-state index in [2.05, 4.69) is 56.8 Å². The van der Waals surface area contributed by atoms with Crippen molar-refractivity contribution < 1.29 is 82.2 Å². The summed E-state index contributed by atoms with van der Waals surface area (Å²) < 4.78 is 21.3. The number of aliphatic carboxylic acids is 1. The number of alkyl halides is 3. The number of piperidine rings is 3. The SMILES string of the molecule is CCOC(=O)C1CCN(CCCl)CC1.CCOC(=O)C1CCNCC1.CCOC(=O)C1CC[N+](=CCCl)CC1.COCC(=O)O.II.O=CCCl.[B].[C-]#N.[Na+]. The second-order valence-electron chi connectivity index (χ2n) is 10.9. The molecule has 0 bridgehead atoms. The number of esters is 3. The van der Waals surface area contributed by atoms with Crippen LogP contribution in [0.25, 0.3) is 0 Å². The molecule has 0 aromatic carbocycles. The maximum atomic E-state index is 11.4. The summed E-state index contributed by atoms with van der Waals surface area (Å²) in [6.45, 7) is 18.1. The Hall–Kier alpha value is -0.0151. The molecule has 3 aliphatic rings. The van der Waals surface area contributed by atoms with Crippen LogP contribution in [0.2, 0.25) is 0 Å². The third-order valence-electron chi connectivity index (χ3n) is 7.37. The van der Waals surface area contributed by atoms with Crippen molar-refractivity contribution in [3.8, 4) is 0 Å². The number of likely N-dealkylation sites (tertiary alicyclic amines) is 1. The van der Waals surface area contributed by atoms with Crippen molar-refractivity contribution in [2.24, 2.45) is 17.8 Å². The quantitative estimate of drug-likeness (QED) is 0.0424. The van der Waals surface area contributed by atoms with Crippen LogP contribution in [-0.2, 0) is 42.9 Å². The van der Waals surface area contributed by atoms with Crippen LogP contribution in [0.3, 0.4) is 0 Å². The smallest absolute Gasteiger partial charge is 0.512 e. The normalized spacial score (nSPS) is 16.0. The molecule has 3 saturated heterocycles. The van der Waals surface area contributed by atoms with Crippen LogP contribution in [0.1, 0.15) is 59.3 Å². The zero-order chi connectivity index (χ0) is 41.3. The van der Waals surface area contributed by atoms with E-state index in [9.17, 15) is 19.2 Å². The molecule has 0 aromatic heterocycles. The van der Waals surface area contributed by atoms with E-state index in [0.717, 1.165) is 84.3 Å². The van der Waals surface area contributed by atoms with Crippen LogP contribution in [-0.4, -0.2) is 156 Å². The Morgan fingerprint density at radius 3 is 1.49 bits per heavy atom. The van der Waals surface area contributed by atoms with E-state index >= 15 is 0 Å². The zero-order valence-corrected chi connectivity index (χ0v) is 41.5. The van der Waals surface area contributed by atoms with Gasteiger partial charge in [0.05, 0.1) is 49.3 Å². The summed E-state index contributed by atoms with van der Waals surface area (Å²) in [4.78, 5) is 54.7. The number of carboxylic acid groups (broad SMARTS) is 1. The Kier molecular flexibility index (Phi) is 63.1. The minimum atomic E-state index is -0.933. The van der Waals surface area contributed by atoms with Crippen LogP contribution in [0, 0.1) is 29.6 Å². The van der Waals surface area contributed by atoms with Crippen LogP contribution in [0.5, 0.6) is 0 Å². The van der Waals surface area contributed by atoms with Crippen LogP contribution >= 0.6 is 72.0 Å². The van der Waals surface area contributed by atoms with Gasteiger partial charge in [-0.05, 0) is 72.6 Å². The summed E-state index contributed by atoms with van der Waals surface area (Å²) >= 11 is 20.3. The Morgan fingerprint density at radius 2 is 1.20 bits per heavy atom. The van der Waals surface area contributed by atoms with Crippen molar-refractivity contribution in [2.75, 3.05) is 97.0 Å². The zero-order valence-electron chi connectivity index (χ0n) is 33.0. The van der Waals surface area contributed by atoms with Crippen molar-refractivity contribution in [1.82, 2.24) is 10.2 Å². The van der Waals surface area contributed by atoms with Crippen LogP contribution < -0.4 is 34.9 Å². The third-order valence-corrected chi connectivity index (χ3v) is 7.81. The van der Waals surface area contributed by atoms with Crippen molar-refractivity contribution >= 4 is 117 Å². The molecular weight excluding hydrogens is 1020 g/mol. The molecule has 55 heavy (non-hydrogen) atoms. The first-order chi connectivity index (χ1) is 25.6. The van der Waals surface area contributed by atoms with Gasteiger partial charge in [0.25, 0.3) is 0 Å². The number of carbonyl (C=O) groups excluding carboxylic acids is 4. The van der Waals surface area contributed by atoms with Crippen LogP contribution in [0.4, 0.5) is 0 Å². The van der Waals surface area contributed by atoms with E-state index in [4.69, 9.17) is 70.7 Å². The summed E-state index contributed by atoms with van der Waals surface area (Å²) in [6, 6.07) is 0. The molecule has 0 atom stereocenters. The maximum absolute atomic E-state index is 11.4. The van der Waals surface area contributed by atoms with Gasteiger partial charge < -0.3 is 50.9 Å². The van der Waals surface area contributed by atoms with Gasteiger partial charge in [-0.1, -0.05) is 0 Å². The summed E-state index contributed by atoms with van der Waals surface area (Å²) in [5.74, 6) is 0.656. The second-order valence-corrected chi connectivity index (χ2v) is 11.9. The average molecular weight is 1080 g/mol. The Morgan fingerprint density at radius 1 is 0.818 bits per heavy atom. The van der Waals surface area contributed by atoms with Gasteiger partial charge in [0.15, 0.2) is 6.21 Å². The molecular formula is C34H59BCl3I2N4NaO10+. The van der Waals surface area contributed by atoms with Gasteiger partial charge in [-0.15, -0.1) is 34.8 Å². The van der Waals surface area contributed by atoms with E-state index in [1.807, 2.05) is 27.0 Å². The third kappa shape index (κ3) is 41.9. The Bertz CT molecular complexity index is 979. The van der Waals surface area contributed by atoms with E-state index in [0.29, 0.717) is 37.9 Å². The summed E-state index contributed by atoms with van der Waals surface area (Å²) in [5.41, 5.74) is 0. The summed E-state index contributed by atoms with van der Waals surface area (Å²) in [5, 5.41) is 17.2. The van der Waals surface area contributed by atoms with Crippen molar-refractivity contribution in [1.29, 1.82) is 5.26 Å². The molecule has 0 saturated carbocycles. The van der Waals surface area contributed by atoms with Gasteiger partial charge in [-0.3, -0.25) is 14.4 Å². The van der Waals surface area contributed by atoms with Gasteiger partial charge in [0.1, 0.15) is 26.0 Å². The molecule has 3 rings (SSSR count). The molecule has 2 N–H and O–H groups in total. The molecule has 0 unspecified atom stereocenters. The molecule has 0 aliphatic carbocycles. The molecule has 3 radical (unpaired) electrons. The predicted octanol–water partition coefficient (Wildman–Crippen LogP) is 1.96. The molecule has 21 heteroatoms. The second kappa shape index (κ2) is 52.0. The number of rotatable bonds is 12. The largest absolute Gasteiger partial charge is 1.00 e. The van der Waals surface area contributed by atoms with E-state index in [1.165, 1.54) is 7.11 Å². The van der Waals surface area contributed by atoms with Gasteiger partial charge in [0.2, 0.25) is 0 Å². The number of nitrogens with one attached hydrogen (secondary N) is 1. The first-order valence-corrected chi connectivity index (χ1v) is 25.2. The molecule has 0 amide bonds. The van der Waals surface area contributed by atoms with Gasteiger partial charge in [0, 0.05) is 78.0 Å². The van der Waals surface area contributed by atoms with Gasteiger partial charge >= 0.3 is 53.4 Å². The number of aldehydes is 1. The fourth-order valence-electron chi connectivity index (χ4n) is 4.89. The topological polar surface area (TPSA) is 185 Å². The minimum Gasteiger partial charge on any atom is -0.512 e. The van der Waals surface area contributed by atoms with Crippen LogP contribution in [0.15, 0.2) is 0 Å². The number of nitrogens with zero attached hydrogens (tertiary/aromatic N) is 3. The molecule has 14 nitrogen and oxygen atoms in total. The van der Waals surface area contributed by atoms with Gasteiger partial charge in [-0.25, -0.2) is 9.37 Å². The van der Waals surface area contributed by atoms with Gasteiger partial charge in [-0.2, -0.15) is 0 Å². The molecule has 3 fully saturated rings. The standard InChI is InChI=1S/C10H18ClNO2.C10H17ClNO2.C8H15NO2.C3H6O3.C2H3ClO.CN.B.I2.Na/c2*1-2-14-10(13)9-3-6-12(7-4-9)8-5-11;1-2-11-8(10)7-3-5-9-6-4-7;1-6-2-3(4)5;3-1-2-4;1-2;;1-2;/h9H,2-8H2,1H3;8-9H,2-7H2,1H3;7,9H,2-6H2,1H3;2H2,1H3,(H,4,5);2H,1H2;;;;/q;+1;;;;-1;;;+1. The Labute approximate surface area is 391 Å². The average Bonchev–Trinajstić information content (AvgIpc) is 3.19. The molecule has 0 aromatic rings. The number of hydrogen-bond acceptors (Lipinski definition) is 12. The molecule has 3 aliphatic heterocycles. The maximum Gasteiger partial charge on any atom is 1.00 e.